The number of benzene rings is 3. The summed E-state index contributed by atoms with van der Waals surface area (Å²) in [4.78, 5) is 19.1. The second-order valence-corrected chi connectivity index (χ2v) is 6.79. The first-order valence-electron chi connectivity index (χ1n) is 8.60. The molecule has 0 aliphatic heterocycles. The molecule has 0 bridgehead atoms. The predicted octanol–water partition coefficient (Wildman–Crippen LogP) is 5.82. The minimum absolute atomic E-state index is 0.230. The molecular formula is C21H14ClN3O4. The predicted molar refractivity (Wildman–Crippen MR) is 111 cm³/mol. The van der Waals surface area contributed by atoms with E-state index in [0.29, 0.717) is 27.7 Å². The van der Waals surface area contributed by atoms with Gasteiger partial charge >= 0.3 is 5.69 Å². The monoisotopic (exact) mass is 407 g/mol. The van der Waals surface area contributed by atoms with E-state index in [1.807, 2.05) is 25.1 Å². The fraction of sp³-hybridized carbons (Fsp3) is 0.0476. The number of rotatable bonds is 4. The number of oxazole rings is 1. The Bertz CT molecular complexity index is 1280. The zero-order chi connectivity index (χ0) is 20.5. The third kappa shape index (κ3) is 3.68. The average Bonchev–Trinajstić information content (AvgIpc) is 3.10. The molecule has 1 heterocycles. The lowest BCUT2D eigenvalue weighted by atomic mass is 10.1. The molecule has 0 aliphatic carbocycles. The normalized spacial score (nSPS) is 11.4. The highest BCUT2D eigenvalue weighted by Gasteiger charge is 2.16. The Morgan fingerprint density at radius 3 is 2.83 bits per heavy atom. The number of halogens is 1. The Hall–Kier alpha value is -3.71. The highest BCUT2D eigenvalue weighted by atomic mass is 35.5. The number of nitro benzene ring substituents is 1. The first kappa shape index (κ1) is 18.6. The van der Waals surface area contributed by atoms with Crippen molar-refractivity contribution < 1.29 is 14.4 Å². The molecule has 0 spiro atoms. The lowest BCUT2D eigenvalue weighted by molar-refractivity contribution is -0.385. The Kier molecular flexibility index (Phi) is 4.74. The van der Waals surface area contributed by atoms with Crippen molar-refractivity contribution in [2.45, 2.75) is 6.92 Å². The van der Waals surface area contributed by atoms with Crippen LogP contribution >= 0.6 is 11.6 Å². The van der Waals surface area contributed by atoms with Gasteiger partial charge in [-0.1, -0.05) is 23.7 Å². The maximum absolute atomic E-state index is 11.0. The number of para-hydroxylation sites is 1. The van der Waals surface area contributed by atoms with Crippen LogP contribution in [0, 0.1) is 17.0 Å². The number of aromatic hydroxyl groups is 1. The van der Waals surface area contributed by atoms with E-state index in [0.717, 1.165) is 11.1 Å². The zero-order valence-corrected chi connectivity index (χ0v) is 15.9. The quantitative estimate of drug-likeness (QED) is 0.261. The molecule has 4 rings (SSSR count). The van der Waals surface area contributed by atoms with Gasteiger partial charge in [0, 0.05) is 17.8 Å². The summed E-state index contributed by atoms with van der Waals surface area (Å²) in [7, 11) is 0. The van der Waals surface area contributed by atoms with Crippen LogP contribution in [0.15, 0.2) is 64.0 Å². The van der Waals surface area contributed by atoms with Crippen LogP contribution < -0.4 is 0 Å². The third-order valence-electron chi connectivity index (χ3n) is 4.32. The van der Waals surface area contributed by atoms with Gasteiger partial charge in [0.1, 0.15) is 5.52 Å². The van der Waals surface area contributed by atoms with Gasteiger partial charge in [0.2, 0.25) is 11.6 Å². The van der Waals surface area contributed by atoms with Crippen molar-refractivity contribution in [3.05, 3.63) is 80.9 Å². The van der Waals surface area contributed by atoms with Crippen LogP contribution in [-0.4, -0.2) is 21.2 Å². The molecule has 3 aromatic carbocycles. The largest absolute Gasteiger partial charge is 0.502 e. The number of hydrogen-bond acceptors (Lipinski definition) is 6. The third-order valence-corrected chi connectivity index (χ3v) is 4.65. The van der Waals surface area contributed by atoms with E-state index in [9.17, 15) is 15.2 Å². The van der Waals surface area contributed by atoms with E-state index in [2.05, 4.69) is 9.98 Å². The summed E-state index contributed by atoms with van der Waals surface area (Å²) in [5.74, 6) is -0.0735. The van der Waals surface area contributed by atoms with E-state index in [-0.39, 0.29) is 11.3 Å². The molecule has 0 atom stereocenters. The number of phenolic OH excluding ortho intramolecular Hbond substituents is 1. The number of nitro groups is 1. The van der Waals surface area contributed by atoms with Gasteiger partial charge in [-0.2, -0.15) is 0 Å². The Morgan fingerprint density at radius 1 is 1.21 bits per heavy atom. The van der Waals surface area contributed by atoms with Crippen LogP contribution in [0.2, 0.25) is 5.02 Å². The molecule has 0 amide bonds. The number of nitrogens with zero attached hydrogens (tertiary/aromatic N) is 3. The van der Waals surface area contributed by atoms with Crippen LogP contribution in [-0.2, 0) is 0 Å². The van der Waals surface area contributed by atoms with E-state index in [1.54, 1.807) is 18.2 Å². The van der Waals surface area contributed by atoms with Crippen LogP contribution in [0.3, 0.4) is 0 Å². The summed E-state index contributed by atoms with van der Waals surface area (Å²) in [5.41, 5.74) is 3.38. The number of hydrogen-bond donors (Lipinski definition) is 1. The standard InChI is InChI=1S/C21H14ClN3O4/c1-12-5-8-19-17(9-12)24-21(29-19)15-10-14(6-7-16(15)22)23-11-13-3-2-4-18(20(13)26)25(27)28/h2-11,26H,1H3. The van der Waals surface area contributed by atoms with Crippen LogP contribution in [0.1, 0.15) is 11.1 Å². The van der Waals surface area contributed by atoms with Gasteiger partial charge in [0.25, 0.3) is 0 Å². The number of fused-ring (bicyclic) bond motifs is 1. The van der Waals surface area contributed by atoms with E-state index < -0.39 is 10.7 Å². The summed E-state index contributed by atoms with van der Waals surface area (Å²) in [5, 5.41) is 21.4. The van der Waals surface area contributed by atoms with E-state index >= 15 is 0 Å². The fourth-order valence-corrected chi connectivity index (χ4v) is 3.05. The van der Waals surface area contributed by atoms with Gasteiger partial charge in [-0.3, -0.25) is 15.1 Å². The van der Waals surface area contributed by atoms with Gasteiger partial charge < -0.3 is 9.52 Å². The van der Waals surface area contributed by atoms with Crippen molar-refractivity contribution in [3.8, 4) is 17.2 Å². The maximum Gasteiger partial charge on any atom is 0.311 e. The van der Waals surface area contributed by atoms with Crippen LogP contribution in [0.5, 0.6) is 5.75 Å². The lowest BCUT2D eigenvalue weighted by Crippen LogP contribution is -1.91. The molecule has 1 aromatic heterocycles. The molecule has 0 aliphatic rings. The molecule has 7 nitrogen and oxygen atoms in total. The number of aliphatic imine (C=N–C) groups is 1. The van der Waals surface area contributed by atoms with Crippen molar-refractivity contribution >= 4 is 40.3 Å². The molecule has 0 fully saturated rings. The first-order valence-corrected chi connectivity index (χ1v) is 8.98. The Morgan fingerprint density at radius 2 is 2.03 bits per heavy atom. The second kappa shape index (κ2) is 7.37. The summed E-state index contributed by atoms with van der Waals surface area (Å²) in [6.07, 6.45) is 1.35. The number of aryl methyl sites for hydroxylation is 1. The lowest BCUT2D eigenvalue weighted by Gasteiger charge is -2.02. The highest BCUT2D eigenvalue weighted by Crippen LogP contribution is 2.34. The minimum Gasteiger partial charge on any atom is -0.502 e. The van der Waals surface area contributed by atoms with Crippen molar-refractivity contribution in [1.29, 1.82) is 0 Å². The molecule has 0 radical (unpaired) electrons. The number of aromatic nitrogens is 1. The first-order chi connectivity index (χ1) is 13.9. The van der Waals surface area contributed by atoms with Gasteiger partial charge in [-0.25, -0.2) is 4.98 Å². The molecular weight excluding hydrogens is 394 g/mol. The maximum atomic E-state index is 11.0. The SMILES string of the molecule is Cc1ccc2oc(-c3cc(N=Cc4cccc([N+](=O)[O-])c4O)ccc3Cl)nc2c1. The van der Waals surface area contributed by atoms with Crippen molar-refractivity contribution in [3.63, 3.8) is 0 Å². The van der Waals surface area contributed by atoms with Gasteiger partial charge in [-0.05, 0) is 48.9 Å². The molecule has 0 saturated carbocycles. The second-order valence-electron chi connectivity index (χ2n) is 6.38. The van der Waals surface area contributed by atoms with E-state index in [4.69, 9.17) is 16.0 Å². The molecule has 1 N–H and O–H groups in total. The summed E-state index contributed by atoms with van der Waals surface area (Å²) in [6, 6.07) is 15.0. The fourth-order valence-electron chi connectivity index (χ4n) is 2.85. The summed E-state index contributed by atoms with van der Waals surface area (Å²) < 4.78 is 5.81. The molecule has 29 heavy (non-hydrogen) atoms. The topological polar surface area (TPSA) is 102 Å². The van der Waals surface area contributed by atoms with Gasteiger partial charge in [0.05, 0.1) is 21.2 Å². The Balaban J connectivity index is 1.71. The Labute approximate surface area is 170 Å². The molecule has 0 unspecified atom stereocenters. The van der Waals surface area contributed by atoms with Crippen molar-refractivity contribution in [2.24, 2.45) is 4.99 Å². The molecule has 4 aromatic rings. The molecule has 8 heteroatoms. The van der Waals surface area contributed by atoms with Crippen LogP contribution in [0.4, 0.5) is 11.4 Å². The smallest absolute Gasteiger partial charge is 0.311 e. The summed E-state index contributed by atoms with van der Waals surface area (Å²) in [6.45, 7) is 1.97. The molecule has 0 saturated heterocycles. The highest BCUT2D eigenvalue weighted by molar-refractivity contribution is 6.33. The van der Waals surface area contributed by atoms with Crippen molar-refractivity contribution in [1.82, 2.24) is 4.98 Å². The average molecular weight is 408 g/mol. The van der Waals surface area contributed by atoms with Crippen LogP contribution in [0.25, 0.3) is 22.6 Å². The van der Waals surface area contributed by atoms with E-state index in [1.165, 1.54) is 24.4 Å². The minimum atomic E-state index is -0.651. The van der Waals surface area contributed by atoms with Crippen molar-refractivity contribution in [2.75, 3.05) is 0 Å². The van der Waals surface area contributed by atoms with Gasteiger partial charge in [0.15, 0.2) is 5.58 Å². The molecule has 144 valence electrons. The van der Waals surface area contributed by atoms with Gasteiger partial charge in [-0.15, -0.1) is 0 Å². The zero-order valence-electron chi connectivity index (χ0n) is 15.2. The number of phenols is 1. The summed E-state index contributed by atoms with van der Waals surface area (Å²) >= 11 is 6.32.